The largest absolute Gasteiger partial charge is 0.380 e. The lowest BCUT2D eigenvalue weighted by molar-refractivity contribution is -0.125. The standard InChI is InChI=1S/C29H24N4O3.C29H24N4O2/c1-33-28(36)25(23-12-11-19-7-5-6-10-22(19)17-23)26(20-13-15-30-16-14-20)32-29(33)31-18-24(34)27(35)21-8-3-2-4-9-21;1-33-28(35)26(24-12-11-21-9-5-6-10-23(21)18-24)27(22-13-15-30-16-14-22)32-29(33)31-19-25(34)17-20-7-3-2-4-8-20/h2-17,27,35H,18H2,1H3,(H,31,32);2-16,18H,17,19H2,1H3,(H,31,32). The van der Waals surface area contributed by atoms with Gasteiger partial charge in [0.25, 0.3) is 11.1 Å². The minimum atomic E-state index is -1.27. The van der Waals surface area contributed by atoms with Crippen LogP contribution in [-0.4, -0.2) is 58.8 Å². The van der Waals surface area contributed by atoms with Gasteiger partial charge in [-0.1, -0.05) is 133 Å². The molecule has 3 N–H and O–H groups in total. The normalized spacial score (nSPS) is 11.4. The van der Waals surface area contributed by atoms with Gasteiger partial charge in [0.15, 0.2) is 11.6 Å². The van der Waals surface area contributed by atoms with Crippen molar-refractivity contribution in [2.75, 3.05) is 23.7 Å². The van der Waals surface area contributed by atoms with Crippen molar-refractivity contribution in [1.82, 2.24) is 29.1 Å². The van der Waals surface area contributed by atoms with Crippen molar-refractivity contribution in [3.63, 3.8) is 0 Å². The summed E-state index contributed by atoms with van der Waals surface area (Å²) in [6.45, 7) is -0.123. The predicted molar refractivity (Wildman–Crippen MR) is 280 cm³/mol. The number of benzene rings is 6. The van der Waals surface area contributed by atoms with Crippen molar-refractivity contribution in [1.29, 1.82) is 0 Å². The number of aliphatic hydroxyl groups is 1. The number of Topliss-reactive ketones (excluding diaryl/α,β-unsaturated/α-hetero) is 2. The highest BCUT2D eigenvalue weighted by Gasteiger charge is 2.22. The molecule has 0 bridgehead atoms. The molecule has 71 heavy (non-hydrogen) atoms. The molecule has 10 rings (SSSR count). The number of hydrogen-bond donors (Lipinski definition) is 3. The number of nitrogens with one attached hydrogen (secondary N) is 2. The second-order valence-electron chi connectivity index (χ2n) is 16.8. The van der Waals surface area contributed by atoms with E-state index in [1.807, 2.05) is 133 Å². The van der Waals surface area contributed by atoms with Crippen LogP contribution in [0.5, 0.6) is 0 Å². The van der Waals surface area contributed by atoms with E-state index in [9.17, 15) is 24.3 Å². The summed E-state index contributed by atoms with van der Waals surface area (Å²) >= 11 is 0. The SMILES string of the molecule is Cn1c(NCC(=O)C(O)c2ccccc2)nc(-c2ccncc2)c(-c2ccc3ccccc3c2)c1=O.Cn1c(NCC(=O)Cc2ccccc2)nc(-c2ccncc2)c(-c2ccc3ccccc3c2)c1=O. The Morgan fingerprint density at radius 3 is 1.41 bits per heavy atom. The molecule has 350 valence electrons. The summed E-state index contributed by atoms with van der Waals surface area (Å²) in [5.41, 5.74) is 6.03. The minimum Gasteiger partial charge on any atom is -0.380 e. The number of carbonyl (C=O) groups is 2. The van der Waals surface area contributed by atoms with Crippen LogP contribution < -0.4 is 21.8 Å². The third kappa shape index (κ3) is 10.6. The first kappa shape index (κ1) is 46.9. The summed E-state index contributed by atoms with van der Waals surface area (Å²) in [5.74, 6) is 0.145. The van der Waals surface area contributed by atoms with Gasteiger partial charge in [0, 0.05) is 56.4 Å². The van der Waals surface area contributed by atoms with Gasteiger partial charge >= 0.3 is 0 Å². The summed E-state index contributed by atoms with van der Waals surface area (Å²) in [4.78, 5) is 70.3. The number of hydrogen-bond acceptors (Lipinski definition) is 11. The van der Waals surface area contributed by atoms with Gasteiger partial charge in [-0.15, -0.1) is 0 Å². The Kier molecular flexibility index (Phi) is 14.1. The predicted octanol–water partition coefficient (Wildman–Crippen LogP) is 9.26. The zero-order valence-corrected chi connectivity index (χ0v) is 38.9. The smallest absolute Gasteiger partial charge is 0.263 e. The second kappa shape index (κ2) is 21.4. The fourth-order valence-corrected chi connectivity index (χ4v) is 8.32. The van der Waals surface area contributed by atoms with E-state index in [2.05, 4.69) is 20.6 Å². The zero-order valence-electron chi connectivity index (χ0n) is 38.9. The van der Waals surface area contributed by atoms with E-state index in [4.69, 9.17) is 9.97 Å². The number of nitrogens with zero attached hydrogens (tertiary/aromatic N) is 6. The molecular weight excluding hydrogens is 889 g/mol. The number of ketones is 2. The molecule has 0 saturated carbocycles. The lowest BCUT2D eigenvalue weighted by Crippen LogP contribution is -2.28. The van der Waals surface area contributed by atoms with E-state index < -0.39 is 11.9 Å². The number of aromatic nitrogens is 6. The average Bonchev–Trinajstić information content (AvgIpc) is 3.42. The first-order valence-corrected chi connectivity index (χ1v) is 22.9. The van der Waals surface area contributed by atoms with E-state index in [-0.39, 0.29) is 35.9 Å². The van der Waals surface area contributed by atoms with Crippen molar-refractivity contribution in [3.05, 3.63) is 226 Å². The van der Waals surface area contributed by atoms with Gasteiger partial charge in [0.1, 0.15) is 6.10 Å². The summed E-state index contributed by atoms with van der Waals surface area (Å²) < 4.78 is 2.85. The number of anilines is 2. The summed E-state index contributed by atoms with van der Waals surface area (Å²) in [6.07, 6.45) is 5.68. The van der Waals surface area contributed by atoms with Crippen molar-refractivity contribution < 1.29 is 14.7 Å². The van der Waals surface area contributed by atoms with E-state index in [1.165, 1.54) is 9.13 Å². The minimum absolute atomic E-state index is 0.00881. The van der Waals surface area contributed by atoms with Crippen LogP contribution in [0.4, 0.5) is 11.9 Å². The maximum absolute atomic E-state index is 13.7. The second-order valence-corrected chi connectivity index (χ2v) is 16.8. The summed E-state index contributed by atoms with van der Waals surface area (Å²) in [7, 11) is 3.27. The van der Waals surface area contributed by atoms with Crippen LogP contribution in [0.25, 0.3) is 66.3 Å². The molecule has 0 aliphatic carbocycles. The molecule has 0 amide bonds. The highest BCUT2D eigenvalue weighted by atomic mass is 16.3. The van der Waals surface area contributed by atoms with Crippen LogP contribution >= 0.6 is 0 Å². The lowest BCUT2D eigenvalue weighted by atomic mass is 9.98. The number of carbonyl (C=O) groups excluding carboxylic acids is 2. The molecule has 13 heteroatoms. The van der Waals surface area contributed by atoms with Gasteiger partial charge < -0.3 is 15.7 Å². The molecule has 4 heterocycles. The van der Waals surface area contributed by atoms with Crippen molar-refractivity contribution in [3.8, 4) is 44.8 Å². The Morgan fingerprint density at radius 1 is 0.507 bits per heavy atom. The average molecular weight is 937 g/mol. The van der Waals surface area contributed by atoms with Crippen molar-refractivity contribution in [2.24, 2.45) is 14.1 Å². The van der Waals surface area contributed by atoms with Gasteiger partial charge in [-0.2, -0.15) is 0 Å². The Hall–Kier alpha value is -9.20. The fourth-order valence-electron chi connectivity index (χ4n) is 8.32. The van der Waals surface area contributed by atoms with Crippen LogP contribution in [0.15, 0.2) is 204 Å². The van der Waals surface area contributed by atoms with Crippen LogP contribution in [0.3, 0.4) is 0 Å². The maximum atomic E-state index is 13.7. The lowest BCUT2D eigenvalue weighted by Gasteiger charge is -2.17. The maximum Gasteiger partial charge on any atom is 0.263 e. The Labute approximate surface area is 408 Å². The molecule has 0 radical (unpaired) electrons. The van der Waals surface area contributed by atoms with Crippen LogP contribution in [0.2, 0.25) is 0 Å². The van der Waals surface area contributed by atoms with E-state index in [1.54, 1.807) is 75.3 Å². The molecule has 0 spiro atoms. The highest BCUT2D eigenvalue weighted by molar-refractivity contribution is 5.92. The molecule has 6 aromatic carbocycles. The first-order chi connectivity index (χ1) is 34.6. The third-order valence-corrected chi connectivity index (χ3v) is 12.1. The molecule has 0 saturated heterocycles. The molecule has 4 aromatic heterocycles. The molecule has 10 aromatic rings. The molecule has 0 aliphatic heterocycles. The van der Waals surface area contributed by atoms with Crippen LogP contribution in [-0.2, 0) is 30.1 Å². The van der Waals surface area contributed by atoms with Gasteiger partial charge in [0.2, 0.25) is 11.9 Å². The molecule has 1 atom stereocenters. The fraction of sp³-hybridized carbons (Fsp3) is 0.103. The van der Waals surface area contributed by atoms with Gasteiger partial charge in [-0.25, -0.2) is 9.97 Å². The van der Waals surface area contributed by atoms with Crippen molar-refractivity contribution >= 4 is 45.0 Å². The molecule has 1 unspecified atom stereocenters. The van der Waals surface area contributed by atoms with Crippen molar-refractivity contribution in [2.45, 2.75) is 12.5 Å². The topological polar surface area (TPSA) is 174 Å². The van der Waals surface area contributed by atoms with E-state index in [0.29, 0.717) is 40.4 Å². The molecule has 13 nitrogen and oxygen atoms in total. The van der Waals surface area contributed by atoms with E-state index in [0.717, 1.165) is 49.4 Å². The quantitative estimate of drug-likeness (QED) is 0.0949. The number of rotatable bonds is 14. The highest BCUT2D eigenvalue weighted by Crippen LogP contribution is 2.32. The first-order valence-electron chi connectivity index (χ1n) is 22.9. The van der Waals surface area contributed by atoms with Gasteiger partial charge in [0.05, 0.1) is 35.6 Å². The van der Waals surface area contributed by atoms with Gasteiger partial charge in [-0.3, -0.25) is 38.3 Å². The van der Waals surface area contributed by atoms with Crippen LogP contribution in [0.1, 0.15) is 17.2 Å². The summed E-state index contributed by atoms with van der Waals surface area (Å²) in [6, 6.07) is 53.4. The Bertz CT molecular complexity index is 3640. The summed E-state index contributed by atoms with van der Waals surface area (Å²) in [5, 5.41) is 20.7. The van der Waals surface area contributed by atoms with Crippen LogP contribution in [0, 0.1) is 0 Å². The molecule has 0 aliphatic rings. The van der Waals surface area contributed by atoms with Gasteiger partial charge in [-0.05, 0) is 80.2 Å². The number of pyridine rings is 2. The number of fused-ring (bicyclic) bond motifs is 2. The molecular formula is C58H48N8O5. The Balaban J connectivity index is 0.000000176. The van der Waals surface area contributed by atoms with E-state index >= 15 is 0 Å². The number of aliphatic hydroxyl groups excluding tert-OH is 1. The zero-order chi connectivity index (χ0) is 49.3. The Morgan fingerprint density at radius 2 is 0.930 bits per heavy atom. The monoisotopic (exact) mass is 936 g/mol. The third-order valence-electron chi connectivity index (χ3n) is 12.1. The molecule has 0 fully saturated rings.